The molecule has 0 unspecified atom stereocenters. The van der Waals surface area contributed by atoms with Crippen molar-refractivity contribution in [1.29, 1.82) is 0 Å². The number of nitrogens with two attached hydrogens (primary N) is 1. The van der Waals surface area contributed by atoms with Crippen molar-refractivity contribution in [2.24, 2.45) is 10.8 Å². The van der Waals surface area contributed by atoms with Gasteiger partial charge in [-0.15, -0.1) is 0 Å². The summed E-state index contributed by atoms with van der Waals surface area (Å²) in [6, 6.07) is 6.14. The zero-order chi connectivity index (χ0) is 12.0. The number of amides is 1. The molecule has 84 valence electrons. The van der Waals surface area contributed by atoms with Gasteiger partial charge in [0.05, 0.1) is 5.56 Å². The highest BCUT2D eigenvalue weighted by Gasteiger charge is 2.00. The molecular weight excluding hydrogens is 210 g/mol. The number of benzene rings is 1. The van der Waals surface area contributed by atoms with Crippen LogP contribution in [0.2, 0.25) is 0 Å². The minimum absolute atomic E-state index is 0.0584. The van der Waals surface area contributed by atoms with E-state index < -0.39 is 11.9 Å². The van der Waals surface area contributed by atoms with E-state index in [1.165, 1.54) is 18.3 Å². The fourth-order valence-corrected chi connectivity index (χ4v) is 0.991. The molecule has 1 rings (SSSR count). The van der Waals surface area contributed by atoms with Crippen molar-refractivity contribution in [3.8, 4) is 0 Å². The maximum Gasteiger partial charge on any atom is 0.335 e. The van der Waals surface area contributed by atoms with Gasteiger partial charge in [-0.2, -0.15) is 0 Å². The molecule has 0 bridgehead atoms. The van der Waals surface area contributed by atoms with E-state index in [0.29, 0.717) is 0 Å². The van der Waals surface area contributed by atoms with E-state index in [1.54, 1.807) is 12.1 Å². The number of carboxylic acid groups (broad SMARTS) is 1. The molecule has 0 atom stereocenters. The molecule has 0 radical (unpaired) electrons. The van der Waals surface area contributed by atoms with Gasteiger partial charge in [0.1, 0.15) is 6.54 Å². The molecular formula is C10H11N3O3. The first-order valence-corrected chi connectivity index (χ1v) is 4.46. The number of hydrogen-bond acceptors (Lipinski definition) is 4. The van der Waals surface area contributed by atoms with Gasteiger partial charge in [-0.1, -0.05) is 12.1 Å². The van der Waals surface area contributed by atoms with E-state index in [2.05, 4.69) is 4.99 Å². The Labute approximate surface area is 91.8 Å². The minimum atomic E-state index is -0.981. The molecule has 0 aliphatic heterocycles. The smallest absolute Gasteiger partial charge is 0.335 e. The Morgan fingerprint density at radius 3 is 2.50 bits per heavy atom. The lowest BCUT2D eigenvalue weighted by atomic mass is 10.1. The third kappa shape index (κ3) is 3.50. The van der Waals surface area contributed by atoms with Crippen LogP contribution in [0.4, 0.5) is 0 Å². The number of nitrogens with one attached hydrogen (secondary N) is 1. The molecule has 0 saturated heterocycles. The van der Waals surface area contributed by atoms with Gasteiger partial charge in [-0.05, 0) is 17.7 Å². The molecule has 1 aromatic rings. The highest BCUT2D eigenvalue weighted by molar-refractivity contribution is 5.89. The van der Waals surface area contributed by atoms with Crippen LogP contribution in [-0.4, -0.2) is 29.7 Å². The number of hydrogen-bond donors (Lipinski definition) is 3. The second kappa shape index (κ2) is 5.62. The van der Waals surface area contributed by atoms with Crippen molar-refractivity contribution in [2.75, 3.05) is 6.54 Å². The standard InChI is InChI=1S/C10H11N3O3/c11-13-9(14)6-12-5-7-1-3-8(4-2-7)10(15)16/h1-5H,6,11H2,(H,13,14)(H,15,16). The van der Waals surface area contributed by atoms with Crippen LogP contribution >= 0.6 is 0 Å². The Morgan fingerprint density at radius 1 is 1.38 bits per heavy atom. The predicted molar refractivity (Wildman–Crippen MR) is 58.2 cm³/mol. The molecule has 6 heteroatoms. The topological polar surface area (TPSA) is 105 Å². The lowest BCUT2D eigenvalue weighted by molar-refractivity contribution is -0.119. The van der Waals surface area contributed by atoms with E-state index in [4.69, 9.17) is 10.9 Å². The quantitative estimate of drug-likeness (QED) is 0.283. The van der Waals surface area contributed by atoms with Gasteiger partial charge in [0.15, 0.2) is 0 Å². The predicted octanol–water partition coefficient (Wildman–Crippen LogP) is -0.206. The third-order valence-electron chi connectivity index (χ3n) is 1.79. The van der Waals surface area contributed by atoms with Crippen molar-refractivity contribution < 1.29 is 14.7 Å². The number of carboxylic acids is 1. The number of carbonyl (C=O) groups excluding carboxylic acids is 1. The molecule has 0 saturated carbocycles. The van der Waals surface area contributed by atoms with E-state index in [1.807, 2.05) is 5.43 Å². The average molecular weight is 221 g/mol. The molecule has 0 aromatic heterocycles. The van der Waals surface area contributed by atoms with Crippen molar-refractivity contribution in [3.05, 3.63) is 35.4 Å². The number of rotatable bonds is 4. The highest BCUT2D eigenvalue weighted by atomic mass is 16.4. The molecule has 0 heterocycles. The van der Waals surface area contributed by atoms with Gasteiger partial charge in [-0.25, -0.2) is 10.6 Å². The lowest BCUT2D eigenvalue weighted by Crippen LogP contribution is -2.31. The number of hydrazine groups is 1. The zero-order valence-electron chi connectivity index (χ0n) is 8.38. The van der Waals surface area contributed by atoms with Gasteiger partial charge >= 0.3 is 5.97 Å². The van der Waals surface area contributed by atoms with Gasteiger partial charge in [-0.3, -0.25) is 15.2 Å². The van der Waals surface area contributed by atoms with Crippen LogP contribution in [0, 0.1) is 0 Å². The molecule has 6 nitrogen and oxygen atoms in total. The van der Waals surface area contributed by atoms with Crippen LogP contribution in [0.1, 0.15) is 15.9 Å². The second-order valence-electron chi connectivity index (χ2n) is 2.96. The molecule has 0 fully saturated rings. The summed E-state index contributed by atoms with van der Waals surface area (Å²) in [5, 5.41) is 8.66. The second-order valence-corrected chi connectivity index (χ2v) is 2.96. The summed E-state index contributed by atoms with van der Waals surface area (Å²) >= 11 is 0. The molecule has 16 heavy (non-hydrogen) atoms. The lowest BCUT2D eigenvalue weighted by Gasteiger charge is -1.96. The largest absolute Gasteiger partial charge is 0.478 e. The minimum Gasteiger partial charge on any atom is -0.478 e. The molecule has 0 spiro atoms. The fraction of sp³-hybridized carbons (Fsp3) is 0.100. The Hall–Kier alpha value is -2.21. The van der Waals surface area contributed by atoms with Gasteiger partial charge in [0.2, 0.25) is 0 Å². The van der Waals surface area contributed by atoms with E-state index in [0.717, 1.165) is 5.56 Å². The maximum atomic E-state index is 10.7. The first kappa shape index (κ1) is 11.9. The Bertz CT molecular complexity index is 412. The molecule has 1 aromatic carbocycles. The SMILES string of the molecule is NNC(=O)CN=Cc1ccc(C(=O)O)cc1. The van der Waals surface area contributed by atoms with Crippen molar-refractivity contribution in [2.45, 2.75) is 0 Å². The van der Waals surface area contributed by atoms with E-state index >= 15 is 0 Å². The zero-order valence-corrected chi connectivity index (χ0v) is 8.38. The fourth-order valence-electron chi connectivity index (χ4n) is 0.991. The number of aliphatic imine (C=N–C) groups is 1. The van der Waals surface area contributed by atoms with Gasteiger partial charge < -0.3 is 5.11 Å². The van der Waals surface area contributed by atoms with Crippen LogP contribution in [0.3, 0.4) is 0 Å². The first-order chi connectivity index (χ1) is 7.63. The summed E-state index contributed by atoms with van der Waals surface area (Å²) in [7, 11) is 0. The van der Waals surface area contributed by atoms with Crippen LogP contribution in [0.5, 0.6) is 0 Å². The van der Waals surface area contributed by atoms with Gasteiger partial charge in [0.25, 0.3) is 5.91 Å². The molecule has 0 aliphatic carbocycles. The van der Waals surface area contributed by atoms with Crippen molar-refractivity contribution >= 4 is 18.1 Å². The van der Waals surface area contributed by atoms with Crippen LogP contribution in [0.25, 0.3) is 0 Å². The number of carbonyl (C=O) groups is 2. The van der Waals surface area contributed by atoms with Crippen LogP contribution in [-0.2, 0) is 4.79 Å². The first-order valence-electron chi connectivity index (χ1n) is 4.46. The molecule has 4 N–H and O–H groups in total. The van der Waals surface area contributed by atoms with Gasteiger partial charge in [0, 0.05) is 6.21 Å². The Morgan fingerprint density at radius 2 is 2.00 bits per heavy atom. The Kier molecular flexibility index (Phi) is 4.16. The summed E-state index contributed by atoms with van der Waals surface area (Å²) < 4.78 is 0. The van der Waals surface area contributed by atoms with E-state index in [-0.39, 0.29) is 12.1 Å². The summed E-state index contributed by atoms with van der Waals surface area (Å²) in [5.74, 6) is 3.50. The molecule has 0 aliphatic rings. The average Bonchev–Trinajstić information content (AvgIpc) is 2.29. The highest BCUT2D eigenvalue weighted by Crippen LogP contribution is 2.02. The maximum absolute atomic E-state index is 10.7. The number of nitrogens with zero attached hydrogens (tertiary/aromatic N) is 1. The number of aromatic carboxylic acids is 1. The summed E-state index contributed by atoms with van der Waals surface area (Å²) in [5.41, 5.74) is 2.87. The van der Waals surface area contributed by atoms with Crippen molar-refractivity contribution in [3.63, 3.8) is 0 Å². The monoisotopic (exact) mass is 221 g/mol. The normalized spacial score (nSPS) is 10.3. The Balaban J connectivity index is 2.61. The van der Waals surface area contributed by atoms with Crippen molar-refractivity contribution in [1.82, 2.24) is 5.43 Å². The van der Waals surface area contributed by atoms with E-state index in [9.17, 15) is 9.59 Å². The van der Waals surface area contributed by atoms with Crippen LogP contribution in [0.15, 0.2) is 29.3 Å². The summed E-state index contributed by atoms with van der Waals surface area (Å²) in [4.78, 5) is 25.1. The summed E-state index contributed by atoms with van der Waals surface area (Å²) in [6.45, 7) is -0.0584. The van der Waals surface area contributed by atoms with Crippen LogP contribution < -0.4 is 11.3 Å². The summed E-state index contributed by atoms with van der Waals surface area (Å²) in [6.07, 6.45) is 1.47. The third-order valence-corrected chi connectivity index (χ3v) is 1.79. The molecule has 1 amide bonds.